The van der Waals surface area contributed by atoms with Crippen molar-refractivity contribution >= 4 is 29.4 Å². The van der Waals surface area contributed by atoms with Crippen LogP contribution in [-0.2, 0) is 28.6 Å². The summed E-state index contributed by atoms with van der Waals surface area (Å²) < 4.78 is 27.8. The van der Waals surface area contributed by atoms with Gasteiger partial charge in [-0.25, -0.2) is 0 Å². The Morgan fingerprint density at radius 3 is 1.60 bits per heavy atom. The molecular weight excluding hydrogens is 638 g/mol. The van der Waals surface area contributed by atoms with Crippen LogP contribution in [0, 0.1) is 0 Å². The molecule has 48 heavy (non-hydrogen) atoms. The van der Waals surface area contributed by atoms with E-state index in [1.807, 2.05) is 0 Å². The fourth-order valence-corrected chi connectivity index (χ4v) is 5.10. The van der Waals surface area contributed by atoms with Gasteiger partial charge in [0.15, 0.2) is 0 Å². The summed E-state index contributed by atoms with van der Waals surface area (Å²) in [4.78, 5) is 47.6. The zero-order valence-electron chi connectivity index (χ0n) is 26.2. The van der Waals surface area contributed by atoms with Crippen molar-refractivity contribution in [3.8, 4) is 11.5 Å². The van der Waals surface area contributed by atoms with E-state index in [0.29, 0.717) is 5.69 Å². The van der Waals surface area contributed by atoms with Crippen LogP contribution in [0.4, 0.5) is 5.69 Å². The number of nitrogens with one attached hydrogen (secondary N) is 3. The molecule has 0 saturated carbocycles. The van der Waals surface area contributed by atoms with Gasteiger partial charge in [-0.3, -0.25) is 19.2 Å². The average molecular weight is 678 g/mol. The first-order valence-corrected chi connectivity index (χ1v) is 14.9. The second-order valence-corrected chi connectivity index (χ2v) is 11.2. The number of aliphatic hydroxyl groups excluding tert-OH is 5. The van der Waals surface area contributed by atoms with E-state index in [1.165, 1.54) is 69.3 Å². The van der Waals surface area contributed by atoms with Crippen molar-refractivity contribution in [2.24, 2.45) is 0 Å². The van der Waals surface area contributed by atoms with Crippen molar-refractivity contribution in [3.05, 3.63) is 54.1 Å². The predicted molar refractivity (Wildman–Crippen MR) is 162 cm³/mol. The maximum atomic E-state index is 12.9. The molecule has 4 rings (SSSR count). The number of ether oxygens (including phenoxy) is 5. The highest BCUT2D eigenvalue weighted by Gasteiger charge is 2.47. The monoisotopic (exact) mass is 677 g/mol. The molecule has 17 heteroatoms. The molecule has 2 aromatic rings. The number of benzene rings is 2. The van der Waals surface area contributed by atoms with Crippen LogP contribution in [-0.4, -0.2) is 124 Å². The number of esters is 1. The average Bonchev–Trinajstić information content (AvgIpc) is 3.04. The summed E-state index contributed by atoms with van der Waals surface area (Å²) in [6.45, 7) is 2.66. The number of carbonyl (C=O) groups excluding carboxylic acids is 4. The molecule has 0 aliphatic carbocycles. The van der Waals surface area contributed by atoms with E-state index in [0.717, 1.165) is 0 Å². The molecule has 2 heterocycles. The lowest BCUT2D eigenvalue weighted by Crippen LogP contribution is -2.65. The van der Waals surface area contributed by atoms with Gasteiger partial charge in [-0.05, 0) is 48.5 Å². The Morgan fingerprint density at radius 2 is 1.15 bits per heavy atom. The number of amides is 3. The largest absolute Gasteiger partial charge is 0.463 e. The zero-order chi connectivity index (χ0) is 35.1. The van der Waals surface area contributed by atoms with Crippen molar-refractivity contribution in [2.45, 2.75) is 82.1 Å². The molecule has 2 saturated heterocycles. The molecule has 10 atom stereocenters. The van der Waals surface area contributed by atoms with Crippen LogP contribution in [0.5, 0.6) is 11.5 Å². The quantitative estimate of drug-likeness (QED) is 0.122. The van der Waals surface area contributed by atoms with Gasteiger partial charge < -0.3 is 65.2 Å². The highest BCUT2D eigenvalue weighted by atomic mass is 16.7. The minimum Gasteiger partial charge on any atom is -0.463 e. The van der Waals surface area contributed by atoms with Crippen LogP contribution >= 0.6 is 0 Å². The van der Waals surface area contributed by atoms with Gasteiger partial charge in [0.05, 0.1) is 6.61 Å². The smallest absolute Gasteiger partial charge is 0.302 e. The second-order valence-electron chi connectivity index (χ2n) is 11.2. The molecule has 8 N–H and O–H groups in total. The van der Waals surface area contributed by atoms with Gasteiger partial charge in [0.25, 0.3) is 5.91 Å². The summed E-state index contributed by atoms with van der Waals surface area (Å²) in [7, 11) is 0. The highest BCUT2D eigenvalue weighted by molar-refractivity contribution is 6.04. The fraction of sp³-hybridized carbons (Fsp3) is 0.484. The maximum absolute atomic E-state index is 12.9. The molecule has 0 radical (unpaired) electrons. The van der Waals surface area contributed by atoms with E-state index >= 15 is 0 Å². The fourth-order valence-electron chi connectivity index (χ4n) is 5.10. The van der Waals surface area contributed by atoms with Gasteiger partial charge in [-0.2, -0.15) is 0 Å². The van der Waals surface area contributed by atoms with Crippen LogP contribution in [0.2, 0.25) is 0 Å². The Hall–Kier alpha value is -4.36. The number of hydrogen-bond donors (Lipinski definition) is 8. The molecule has 17 nitrogen and oxygen atoms in total. The summed E-state index contributed by atoms with van der Waals surface area (Å²) in [5.41, 5.74) is 0.629. The minimum atomic E-state index is -1.51. The van der Waals surface area contributed by atoms with Crippen molar-refractivity contribution in [1.29, 1.82) is 0 Å². The number of aliphatic hydroxyl groups is 5. The third-order valence-corrected chi connectivity index (χ3v) is 7.51. The number of anilines is 1. The number of rotatable bonds is 11. The molecule has 2 aliphatic heterocycles. The standard InChI is InChI=1S/C31H39N3O14/c1-14(36)32-23-27(41)25(39)21(12-35)47-30(23)45-19-8-4-17(5-9-19)29(43)34-18-6-10-20(11-7-18)46-31-24(33-15(2)37)28(42)26(40)22(48-31)13-44-16(3)38/h4-11,21-28,30-31,35,39-42H,12-13H2,1-3H3,(H,32,36)(H,33,37)(H,34,43)/t21?,22?,23?,24?,25-,26-,27-,28-,30-,31-/m1/s1. The number of carbonyl (C=O) groups is 4. The van der Waals surface area contributed by atoms with Crippen molar-refractivity contribution < 1.29 is 68.4 Å². The summed E-state index contributed by atoms with van der Waals surface area (Å²) in [6, 6.07) is 9.59. The SMILES string of the molecule is CC(=O)NC1[C@H](Oc2ccc(C(=O)Nc3ccc(O[C@@H]4OC(COC(C)=O)[C@@H](O)[C@H](O)C4NC(C)=O)cc3)cc2)OC(CO)[C@@H](O)[C@@H]1O. The lowest BCUT2D eigenvalue weighted by Gasteiger charge is -2.42. The number of hydrogen-bond acceptors (Lipinski definition) is 14. The predicted octanol–water partition coefficient (Wildman–Crippen LogP) is -1.85. The molecule has 3 amide bonds. The molecule has 2 fully saturated rings. The maximum Gasteiger partial charge on any atom is 0.302 e. The third kappa shape index (κ3) is 9.16. The van der Waals surface area contributed by atoms with Gasteiger partial charge in [0.2, 0.25) is 24.4 Å². The van der Waals surface area contributed by atoms with Gasteiger partial charge >= 0.3 is 5.97 Å². The van der Waals surface area contributed by atoms with E-state index in [9.17, 15) is 44.7 Å². The second kappa shape index (κ2) is 16.2. The molecule has 262 valence electrons. The molecule has 0 aromatic heterocycles. The molecule has 0 bridgehead atoms. The molecule has 0 spiro atoms. The molecule has 2 aliphatic rings. The Labute approximate surface area is 274 Å². The van der Waals surface area contributed by atoms with E-state index in [2.05, 4.69) is 16.0 Å². The Balaban J connectivity index is 1.38. The van der Waals surface area contributed by atoms with Crippen LogP contribution in [0.15, 0.2) is 48.5 Å². The third-order valence-electron chi connectivity index (χ3n) is 7.51. The first-order valence-electron chi connectivity index (χ1n) is 14.9. The van der Waals surface area contributed by atoms with E-state index < -0.39 is 91.6 Å². The zero-order valence-corrected chi connectivity index (χ0v) is 26.2. The van der Waals surface area contributed by atoms with Crippen LogP contribution in [0.1, 0.15) is 31.1 Å². The van der Waals surface area contributed by atoms with E-state index in [1.54, 1.807) is 0 Å². The van der Waals surface area contributed by atoms with Crippen molar-refractivity contribution in [2.75, 3.05) is 18.5 Å². The lowest BCUT2D eigenvalue weighted by atomic mass is 9.97. The lowest BCUT2D eigenvalue weighted by molar-refractivity contribution is -0.246. The van der Waals surface area contributed by atoms with Crippen LogP contribution < -0.4 is 25.4 Å². The van der Waals surface area contributed by atoms with Gasteiger partial charge in [0, 0.05) is 32.0 Å². The van der Waals surface area contributed by atoms with Crippen molar-refractivity contribution in [3.63, 3.8) is 0 Å². The Morgan fingerprint density at radius 1 is 0.688 bits per heavy atom. The topological polar surface area (TPSA) is 252 Å². The van der Waals surface area contributed by atoms with Gasteiger partial charge in [-0.15, -0.1) is 0 Å². The summed E-state index contributed by atoms with van der Waals surface area (Å²) >= 11 is 0. The Kier molecular flexibility index (Phi) is 12.3. The van der Waals surface area contributed by atoms with Crippen LogP contribution in [0.3, 0.4) is 0 Å². The normalized spacial score (nSPS) is 30.0. The minimum absolute atomic E-state index is 0.212. The van der Waals surface area contributed by atoms with E-state index in [-0.39, 0.29) is 23.7 Å². The summed E-state index contributed by atoms with van der Waals surface area (Å²) in [6.07, 6.45) is -10.8. The molecular formula is C31H39N3O14. The van der Waals surface area contributed by atoms with Crippen LogP contribution in [0.25, 0.3) is 0 Å². The first-order chi connectivity index (χ1) is 22.8. The summed E-state index contributed by atoms with van der Waals surface area (Å²) in [5, 5.41) is 58.9. The van der Waals surface area contributed by atoms with Gasteiger partial charge in [0.1, 0.15) is 66.8 Å². The highest BCUT2D eigenvalue weighted by Crippen LogP contribution is 2.27. The molecule has 4 unspecified atom stereocenters. The van der Waals surface area contributed by atoms with E-state index in [4.69, 9.17) is 23.7 Å². The van der Waals surface area contributed by atoms with Gasteiger partial charge in [-0.1, -0.05) is 0 Å². The first kappa shape index (κ1) is 36.5. The Bertz CT molecular complexity index is 1420. The van der Waals surface area contributed by atoms with Crippen molar-refractivity contribution in [1.82, 2.24) is 10.6 Å². The summed E-state index contributed by atoms with van der Waals surface area (Å²) in [5.74, 6) is -1.67. The molecule has 2 aromatic carbocycles.